The summed E-state index contributed by atoms with van der Waals surface area (Å²) in [6.45, 7) is -4.89. The summed E-state index contributed by atoms with van der Waals surface area (Å²) in [6.07, 6.45) is 6.61. The van der Waals surface area contributed by atoms with Crippen molar-refractivity contribution in [2.45, 2.75) is 38.9 Å². The van der Waals surface area contributed by atoms with E-state index in [1.807, 2.05) is 0 Å². The first kappa shape index (κ1) is 19.1. The van der Waals surface area contributed by atoms with E-state index in [1.54, 1.807) is 4.90 Å². The van der Waals surface area contributed by atoms with Gasteiger partial charge in [0.15, 0.2) is 0 Å². The molecule has 4 nitrogen and oxygen atoms in total. The average molecular weight is 361 g/mol. The summed E-state index contributed by atoms with van der Waals surface area (Å²) in [7, 11) is 0. The standard InChI is InChI=1S/C17H19F4NO3/c18-16(19)24-13-7-5-12(14(11-13)25-17(20)21)6-8-15(23)22-9-3-1-2-4-10-22/h5-8,11,16-17H,1-4,9-10H2/b8-6+. The molecule has 1 heterocycles. The van der Waals surface area contributed by atoms with Gasteiger partial charge in [0.25, 0.3) is 0 Å². The number of halogens is 4. The van der Waals surface area contributed by atoms with Gasteiger partial charge in [-0.15, -0.1) is 0 Å². The van der Waals surface area contributed by atoms with Crippen molar-refractivity contribution >= 4 is 12.0 Å². The van der Waals surface area contributed by atoms with Gasteiger partial charge < -0.3 is 14.4 Å². The molecular weight excluding hydrogens is 342 g/mol. The van der Waals surface area contributed by atoms with Crippen LogP contribution in [-0.4, -0.2) is 37.1 Å². The van der Waals surface area contributed by atoms with E-state index in [1.165, 1.54) is 24.3 Å². The molecule has 2 rings (SSSR count). The second-order valence-corrected chi connectivity index (χ2v) is 5.53. The normalized spacial score (nSPS) is 15.7. The summed E-state index contributed by atoms with van der Waals surface area (Å²) >= 11 is 0. The van der Waals surface area contributed by atoms with E-state index in [2.05, 4.69) is 9.47 Å². The molecule has 1 fully saturated rings. The van der Waals surface area contributed by atoms with E-state index >= 15 is 0 Å². The maximum atomic E-state index is 12.5. The second-order valence-electron chi connectivity index (χ2n) is 5.53. The SMILES string of the molecule is O=C(/C=C/c1ccc(OC(F)F)cc1OC(F)F)N1CCCCCC1. The summed E-state index contributed by atoms with van der Waals surface area (Å²) in [5.41, 5.74) is 0.171. The highest BCUT2D eigenvalue weighted by molar-refractivity contribution is 5.92. The monoisotopic (exact) mass is 361 g/mol. The number of likely N-dealkylation sites (tertiary alicyclic amines) is 1. The van der Waals surface area contributed by atoms with Crippen molar-refractivity contribution in [2.24, 2.45) is 0 Å². The molecule has 1 aromatic carbocycles. The van der Waals surface area contributed by atoms with Gasteiger partial charge >= 0.3 is 13.2 Å². The van der Waals surface area contributed by atoms with E-state index in [0.717, 1.165) is 31.7 Å². The van der Waals surface area contributed by atoms with Gasteiger partial charge in [-0.3, -0.25) is 4.79 Å². The molecule has 8 heteroatoms. The third kappa shape index (κ3) is 6.28. The summed E-state index contributed by atoms with van der Waals surface area (Å²) < 4.78 is 58.0. The highest BCUT2D eigenvalue weighted by Gasteiger charge is 2.15. The van der Waals surface area contributed by atoms with Crippen molar-refractivity contribution in [1.29, 1.82) is 0 Å². The highest BCUT2D eigenvalue weighted by atomic mass is 19.3. The van der Waals surface area contributed by atoms with Crippen LogP contribution in [0.25, 0.3) is 6.08 Å². The molecule has 1 amide bonds. The molecule has 1 aliphatic rings. The van der Waals surface area contributed by atoms with Crippen molar-refractivity contribution in [3.05, 3.63) is 29.8 Å². The van der Waals surface area contributed by atoms with Crippen molar-refractivity contribution in [3.8, 4) is 11.5 Å². The van der Waals surface area contributed by atoms with E-state index in [0.29, 0.717) is 13.1 Å². The summed E-state index contributed by atoms with van der Waals surface area (Å²) in [5.74, 6) is -0.868. The van der Waals surface area contributed by atoms with Crippen LogP contribution in [0.3, 0.4) is 0 Å². The molecule has 138 valence electrons. The van der Waals surface area contributed by atoms with Crippen LogP contribution in [0.4, 0.5) is 17.6 Å². The van der Waals surface area contributed by atoms with Gasteiger partial charge in [0.2, 0.25) is 5.91 Å². The number of ether oxygens (including phenoxy) is 2. The number of carbonyl (C=O) groups excluding carboxylic acids is 1. The maximum absolute atomic E-state index is 12.5. The number of benzene rings is 1. The smallest absolute Gasteiger partial charge is 0.387 e. The minimum Gasteiger partial charge on any atom is -0.435 e. The zero-order chi connectivity index (χ0) is 18.2. The predicted molar refractivity (Wildman–Crippen MR) is 83.8 cm³/mol. The van der Waals surface area contributed by atoms with E-state index in [9.17, 15) is 22.4 Å². The molecule has 1 saturated heterocycles. The number of carbonyl (C=O) groups is 1. The van der Waals surface area contributed by atoms with Gasteiger partial charge in [-0.2, -0.15) is 17.6 Å². The van der Waals surface area contributed by atoms with Crippen LogP contribution in [-0.2, 0) is 4.79 Å². The fraction of sp³-hybridized carbons (Fsp3) is 0.471. The molecule has 0 aliphatic carbocycles. The van der Waals surface area contributed by atoms with E-state index in [4.69, 9.17) is 0 Å². The Morgan fingerprint density at radius 1 is 1.00 bits per heavy atom. The molecule has 0 saturated carbocycles. The first-order valence-corrected chi connectivity index (χ1v) is 7.96. The van der Waals surface area contributed by atoms with Crippen LogP contribution in [0.1, 0.15) is 31.2 Å². The van der Waals surface area contributed by atoms with Crippen LogP contribution in [0.15, 0.2) is 24.3 Å². The van der Waals surface area contributed by atoms with Gasteiger partial charge in [-0.25, -0.2) is 0 Å². The van der Waals surface area contributed by atoms with Gasteiger partial charge in [-0.1, -0.05) is 12.8 Å². The van der Waals surface area contributed by atoms with Gasteiger partial charge in [0, 0.05) is 30.8 Å². The summed E-state index contributed by atoms with van der Waals surface area (Å²) in [6, 6.07) is 3.41. The predicted octanol–water partition coefficient (Wildman–Crippen LogP) is 4.31. The van der Waals surface area contributed by atoms with Crippen LogP contribution < -0.4 is 9.47 Å². The molecule has 25 heavy (non-hydrogen) atoms. The van der Waals surface area contributed by atoms with Gasteiger partial charge in [0.1, 0.15) is 11.5 Å². The molecule has 0 spiro atoms. The van der Waals surface area contributed by atoms with Crippen molar-refractivity contribution in [3.63, 3.8) is 0 Å². The lowest BCUT2D eigenvalue weighted by atomic mass is 10.1. The maximum Gasteiger partial charge on any atom is 0.387 e. The Bertz CT molecular complexity index is 600. The van der Waals surface area contributed by atoms with E-state index < -0.39 is 13.2 Å². The fourth-order valence-corrected chi connectivity index (χ4v) is 2.58. The van der Waals surface area contributed by atoms with Crippen LogP contribution >= 0.6 is 0 Å². The Balaban J connectivity index is 2.14. The molecule has 0 bridgehead atoms. The molecule has 0 unspecified atom stereocenters. The second kappa shape index (κ2) is 9.29. The highest BCUT2D eigenvalue weighted by Crippen LogP contribution is 2.28. The van der Waals surface area contributed by atoms with E-state index in [-0.39, 0.29) is 23.0 Å². The Kier molecular flexibility index (Phi) is 7.09. The molecule has 0 aromatic heterocycles. The Morgan fingerprint density at radius 2 is 1.64 bits per heavy atom. The molecule has 0 atom stereocenters. The number of nitrogens with zero attached hydrogens (tertiary/aromatic N) is 1. The Hall–Kier alpha value is -2.25. The zero-order valence-electron chi connectivity index (χ0n) is 13.5. The third-order valence-corrected chi connectivity index (χ3v) is 3.75. The third-order valence-electron chi connectivity index (χ3n) is 3.75. The van der Waals surface area contributed by atoms with Gasteiger partial charge in [-0.05, 0) is 31.1 Å². The molecule has 1 aromatic rings. The molecular formula is C17H19F4NO3. The summed E-state index contributed by atoms with van der Waals surface area (Å²) in [5, 5.41) is 0. The Morgan fingerprint density at radius 3 is 2.24 bits per heavy atom. The van der Waals surface area contributed by atoms with Crippen LogP contribution in [0, 0.1) is 0 Å². The lowest BCUT2D eigenvalue weighted by Crippen LogP contribution is -2.30. The van der Waals surface area contributed by atoms with Gasteiger partial charge in [0.05, 0.1) is 0 Å². The quantitative estimate of drug-likeness (QED) is 0.560. The average Bonchev–Trinajstić information content (AvgIpc) is 2.82. The lowest BCUT2D eigenvalue weighted by Gasteiger charge is -2.18. The first-order chi connectivity index (χ1) is 12.0. The fourth-order valence-electron chi connectivity index (χ4n) is 2.58. The topological polar surface area (TPSA) is 38.8 Å². The number of amides is 1. The first-order valence-electron chi connectivity index (χ1n) is 7.96. The molecule has 0 N–H and O–H groups in total. The number of hydrogen-bond acceptors (Lipinski definition) is 3. The number of hydrogen-bond donors (Lipinski definition) is 0. The Labute approximate surface area is 143 Å². The van der Waals surface area contributed by atoms with Crippen LogP contribution in [0.5, 0.6) is 11.5 Å². The molecule has 0 radical (unpaired) electrons. The van der Waals surface area contributed by atoms with Crippen molar-refractivity contribution in [2.75, 3.05) is 13.1 Å². The van der Waals surface area contributed by atoms with Crippen molar-refractivity contribution < 1.29 is 31.8 Å². The minimum absolute atomic E-state index is 0.171. The lowest BCUT2D eigenvalue weighted by molar-refractivity contribution is -0.125. The number of alkyl halides is 4. The largest absolute Gasteiger partial charge is 0.435 e. The minimum atomic E-state index is -3.13. The molecule has 1 aliphatic heterocycles. The number of rotatable bonds is 6. The van der Waals surface area contributed by atoms with Crippen molar-refractivity contribution in [1.82, 2.24) is 4.90 Å². The van der Waals surface area contributed by atoms with Crippen LogP contribution in [0.2, 0.25) is 0 Å². The summed E-state index contributed by atoms with van der Waals surface area (Å²) in [4.78, 5) is 13.9. The zero-order valence-corrected chi connectivity index (χ0v) is 13.5.